The van der Waals surface area contributed by atoms with Crippen LogP contribution in [0.2, 0.25) is 0 Å². The summed E-state index contributed by atoms with van der Waals surface area (Å²) in [6.45, 7) is 3.04. The number of ketones is 1. The van der Waals surface area contributed by atoms with Gasteiger partial charge in [0.2, 0.25) is 0 Å². The summed E-state index contributed by atoms with van der Waals surface area (Å²) in [6.07, 6.45) is 3.28. The van der Waals surface area contributed by atoms with Gasteiger partial charge in [0, 0.05) is 12.1 Å². The molecule has 0 aromatic heterocycles. The van der Waals surface area contributed by atoms with Gasteiger partial charge in [-0.15, -0.1) is 0 Å². The molecule has 0 spiro atoms. The Balaban J connectivity index is 1.82. The molecule has 30 heavy (non-hydrogen) atoms. The number of carbonyl (C=O) groups is 2. The molecule has 1 fully saturated rings. The van der Waals surface area contributed by atoms with Crippen molar-refractivity contribution >= 4 is 17.4 Å². The summed E-state index contributed by atoms with van der Waals surface area (Å²) >= 11 is 0. The average Bonchev–Trinajstić information content (AvgIpc) is 3.02. The van der Waals surface area contributed by atoms with Crippen molar-refractivity contribution in [3.05, 3.63) is 70.5 Å². The van der Waals surface area contributed by atoms with Crippen molar-refractivity contribution in [2.24, 2.45) is 0 Å². The number of hydrogen-bond donors (Lipinski definition) is 1. The lowest BCUT2D eigenvalue weighted by molar-refractivity contribution is -0.139. The highest BCUT2D eigenvalue weighted by atomic mass is 19.1. The minimum absolute atomic E-state index is 0.0411. The van der Waals surface area contributed by atoms with Gasteiger partial charge in [-0.05, 0) is 60.7 Å². The van der Waals surface area contributed by atoms with Gasteiger partial charge >= 0.3 is 0 Å². The van der Waals surface area contributed by atoms with Gasteiger partial charge in [0.15, 0.2) is 0 Å². The van der Waals surface area contributed by atoms with E-state index in [-0.39, 0.29) is 11.3 Å². The smallest absolute Gasteiger partial charge is 0.295 e. The van der Waals surface area contributed by atoms with Crippen molar-refractivity contribution in [1.82, 2.24) is 4.90 Å². The summed E-state index contributed by atoms with van der Waals surface area (Å²) in [7, 11) is 0. The largest absolute Gasteiger partial charge is 0.507 e. The number of fused-ring (bicyclic) bond motifs is 1. The normalized spacial score (nSPS) is 20.2. The molecule has 4 rings (SSSR count). The zero-order valence-corrected chi connectivity index (χ0v) is 16.9. The van der Waals surface area contributed by atoms with Gasteiger partial charge in [0.1, 0.15) is 17.3 Å². The van der Waals surface area contributed by atoms with Gasteiger partial charge < -0.3 is 14.7 Å². The van der Waals surface area contributed by atoms with Crippen LogP contribution in [0.25, 0.3) is 5.76 Å². The van der Waals surface area contributed by atoms with Crippen LogP contribution in [-0.4, -0.2) is 34.8 Å². The van der Waals surface area contributed by atoms with Gasteiger partial charge in [-0.25, -0.2) is 4.39 Å². The Hall–Kier alpha value is -3.15. The van der Waals surface area contributed by atoms with Crippen LogP contribution >= 0.6 is 0 Å². The predicted molar refractivity (Wildman–Crippen MR) is 111 cm³/mol. The lowest BCUT2D eigenvalue weighted by Gasteiger charge is -2.25. The maximum Gasteiger partial charge on any atom is 0.295 e. The summed E-state index contributed by atoms with van der Waals surface area (Å²) < 4.78 is 19.1. The second-order valence-corrected chi connectivity index (χ2v) is 7.67. The zero-order valence-electron chi connectivity index (χ0n) is 16.9. The molecular weight excluding hydrogens is 385 g/mol. The number of nitrogens with zero attached hydrogens (tertiary/aromatic N) is 1. The molecule has 2 aliphatic rings. The van der Waals surface area contributed by atoms with Crippen LogP contribution in [0.4, 0.5) is 4.39 Å². The predicted octanol–water partition coefficient (Wildman–Crippen LogP) is 4.37. The van der Waals surface area contributed by atoms with Crippen LogP contribution in [-0.2, 0) is 16.0 Å². The molecule has 2 heterocycles. The SMILES string of the molecule is CCCCN1C(=O)C(=O)/C(=C(\O)c2ccc3c(c2)CCCO3)C1c1ccc(F)cc1. The van der Waals surface area contributed by atoms with Crippen molar-refractivity contribution < 1.29 is 23.8 Å². The minimum Gasteiger partial charge on any atom is -0.507 e. The van der Waals surface area contributed by atoms with Crippen molar-refractivity contribution in [2.45, 2.75) is 38.6 Å². The van der Waals surface area contributed by atoms with Crippen molar-refractivity contribution in [3.63, 3.8) is 0 Å². The van der Waals surface area contributed by atoms with Gasteiger partial charge in [-0.3, -0.25) is 9.59 Å². The number of aliphatic hydroxyl groups excluding tert-OH is 1. The number of halogens is 1. The molecule has 2 aromatic rings. The Kier molecular flexibility index (Phi) is 5.57. The Morgan fingerprint density at radius 3 is 2.70 bits per heavy atom. The highest BCUT2D eigenvalue weighted by Gasteiger charge is 2.45. The molecule has 1 N–H and O–H groups in total. The summed E-state index contributed by atoms with van der Waals surface area (Å²) in [6, 6.07) is 10.2. The van der Waals surface area contributed by atoms with Gasteiger partial charge in [0.05, 0.1) is 18.2 Å². The average molecular weight is 409 g/mol. The van der Waals surface area contributed by atoms with Gasteiger partial charge in [0.25, 0.3) is 11.7 Å². The van der Waals surface area contributed by atoms with E-state index < -0.39 is 23.5 Å². The highest BCUT2D eigenvalue weighted by molar-refractivity contribution is 6.46. The third kappa shape index (κ3) is 3.58. The Labute approximate surface area is 174 Å². The van der Waals surface area contributed by atoms with Gasteiger partial charge in [-0.2, -0.15) is 0 Å². The second-order valence-electron chi connectivity index (χ2n) is 7.67. The van der Waals surface area contributed by atoms with Crippen LogP contribution in [0, 0.1) is 5.82 Å². The van der Waals surface area contributed by atoms with Crippen LogP contribution < -0.4 is 4.74 Å². The fraction of sp³-hybridized carbons (Fsp3) is 0.333. The molecule has 1 amide bonds. The van der Waals surface area contributed by atoms with Crippen LogP contribution in [0.5, 0.6) is 5.75 Å². The Morgan fingerprint density at radius 2 is 1.97 bits per heavy atom. The van der Waals surface area contributed by atoms with Gasteiger partial charge in [-0.1, -0.05) is 25.5 Å². The first-order valence-corrected chi connectivity index (χ1v) is 10.3. The number of unbranched alkanes of at least 4 members (excludes halogenated alkanes) is 1. The quantitative estimate of drug-likeness (QED) is 0.452. The molecule has 5 nitrogen and oxygen atoms in total. The standard InChI is InChI=1S/C24H24FNO4/c1-2-3-12-26-21(15-6-9-18(25)10-7-15)20(23(28)24(26)29)22(27)17-8-11-19-16(14-17)5-4-13-30-19/h6-11,14,21,27H,2-5,12-13H2,1H3/b22-20-. The first-order chi connectivity index (χ1) is 14.5. The third-order valence-corrected chi connectivity index (χ3v) is 5.66. The molecule has 2 aliphatic heterocycles. The second kappa shape index (κ2) is 8.30. The maximum atomic E-state index is 13.5. The number of Topliss-reactive ketones (excluding diaryl/α,β-unsaturated/α-hetero) is 1. The summed E-state index contributed by atoms with van der Waals surface area (Å²) in [4.78, 5) is 27.2. The number of amides is 1. The van der Waals surface area contributed by atoms with E-state index in [4.69, 9.17) is 4.74 Å². The molecule has 0 bridgehead atoms. The van der Waals surface area contributed by atoms with E-state index in [0.717, 1.165) is 37.0 Å². The molecule has 0 radical (unpaired) electrons. The lowest BCUT2D eigenvalue weighted by Crippen LogP contribution is -2.30. The first kappa shape index (κ1) is 20.1. The molecule has 1 unspecified atom stereocenters. The van der Waals surface area contributed by atoms with Crippen LogP contribution in [0.3, 0.4) is 0 Å². The van der Waals surface area contributed by atoms with E-state index in [0.29, 0.717) is 24.3 Å². The Bertz CT molecular complexity index is 1010. The highest BCUT2D eigenvalue weighted by Crippen LogP contribution is 2.40. The monoisotopic (exact) mass is 409 g/mol. The lowest BCUT2D eigenvalue weighted by atomic mass is 9.94. The number of likely N-dealkylation sites (tertiary alicyclic amines) is 1. The number of ether oxygens (including phenoxy) is 1. The summed E-state index contributed by atoms with van der Waals surface area (Å²) in [5, 5.41) is 11.1. The molecular formula is C24H24FNO4. The molecule has 1 saturated heterocycles. The fourth-order valence-electron chi connectivity index (χ4n) is 4.09. The topological polar surface area (TPSA) is 66.8 Å². The van der Waals surface area contributed by atoms with Crippen molar-refractivity contribution in [2.75, 3.05) is 13.2 Å². The third-order valence-electron chi connectivity index (χ3n) is 5.66. The maximum absolute atomic E-state index is 13.5. The molecule has 6 heteroatoms. The molecule has 0 saturated carbocycles. The first-order valence-electron chi connectivity index (χ1n) is 10.3. The fourth-order valence-corrected chi connectivity index (χ4v) is 4.09. The molecule has 0 aliphatic carbocycles. The number of rotatable bonds is 5. The number of benzene rings is 2. The van der Waals surface area contributed by atoms with Crippen LogP contribution in [0.15, 0.2) is 48.0 Å². The number of aliphatic hydroxyl groups is 1. The minimum atomic E-state index is -0.746. The number of aryl methyl sites for hydroxylation is 1. The Morgan fingerprint density at radius 1 is 1.20 bits per heavy atom. The summed E-state index contributed by atoms with van der Waals surface area (Å²) in [5.74, 6) is -1.20. The number of hydrogen-bond acceptors (Lipinski definition) is 4. The van der Waals surface area contributed by atoms with E-state index in [1.165, 1.54) is 17.0 Å². The van der Waals surface area contributed by atoms with E-state index in [2.05, 4.69) is 0 Å². The summed E-state index contributed by atoms with van der Waals surface area (Å²) in [5.41, 5.74) is 2.07. The van der Waals surface area contributed by atoms with E-state index >= 15 is 0 Å². The molecule has 156 valence electrons. The molecule has 1 atom stereocenters. The van der Waals surface area contributed by atoms with Crippen LogP contribution in [0.1, 0.15) is 48.9 Å². The van der Waals surface area contributed by atoms with Crippen molar-refractivity contribution in [1.29, 1.82) is 0 Å². The van der Waals surface area contributed by atoms with Crippen molar-refractivity contribution in [3.8, 4) is 5.75 Å². The van der Waals surface area contributed by atoms with E-state index in [1.807, 2.05) is 13.0 Å². The molecule has 2 aromatic carbocycles. The number of carbonyl (C=O) groups excluding carboxylic acids is 2. The zero-order chi connectivity index (χ0) is 21.3. The van der Waals surface area contributed by atoms with E-state index in [1.54, 1.807) is 24.3 Å². The van der Waals surface area contributed by atoms with E-state index in [9.17, 15) is 19.1 Å².